The molecule has 0 aliphatic rings. The first kappa shape index (κ1) is 78.1. The summed E-state index contributed by atoms with van der Waals surface area (Å²) in [4.78, 5) is 24.6. The molecule has 0 aromatic carbocycles. The van der Waals surface area contributed by atoms with Gasteiger partial charge in [0.15, 0.2) is 0 Å². The van der Waals surface area contributed by atoms with Gasteiger partial charge >= 0.3 is 5.97 Å². The van der Waals surface area contributed by atoms with Crippen molar-refractivity contribution < 1.29 is 24.5 Å². The molecule has 80 heavy (non-hydrogen) atoms. The van der Waals surface area contributed by atoms with Crippen molar-refractivity contribution in [2.45, 2.75) is 411 Å². The Balaban J connectivity index is 3.41. The third-order valence-corrected chi connectivity index (χ3v) is 16.9. The van der Waals surface area contributed by atoms with Gasteiger partial charge in [0.25, 0.3) is 0 Å². The van der Waals surface area contributed by atoms with E-state index >= 15 is 0 Å². The van der Waals surface area contributed by atoms with E-state index in [9.17, 15) is 19.8 Å². The van der Waals surface area contributed by atoms with Crippen LogP contribution in [0.25, 0.3) is 0 Å². The van der Waals surface area contributed by atoms with Gasteiger partial charge in [0.2, 0.25) is 5.91 Å². The zero-order chi connectivity index (χ0) is 57.8. The van der Waals surface area contributed by atoms with Crippen molar-refractivity contribution in [3.63, 3.8) is 0 Å². The van der Waals surface area contributed by atoms with Gasteiger partial charge in [-0.3, -0.25) is 9.59 Å². The summed E-state index contributed by atoms with van der Waals surface area (Å²) in [6, 6.07) is -0.631. The molecule has 0 aromatic heterocycles. The zero-order valence-electron chi connectivity index (χ0n) is 54.1. The average Bonchev–Trinajstić information content (AvgIpc) is 3.46. The molecule has 0 saturated heterocycles. The highest BCUT2D eigenvalue weighted by molar-refractivity contribution is 5.76. The van der Waals surface area contributed by atoms with Crippen LogP contribution in [0.1, 0.15) is 399 Å². The minimum Gasteiger partial charge on any atom is -0.466 e. The second kappa shape index (κ2) is 69.6. The number of aliphatic hydroxyl groups is 2. The summed E-state index contributed by atoms with van der Waals surface area (Å²) in [5.41, 5.74) is 0. The van der Waals surface area contributed by atoms with Crippen LogP contribution in [0, 0.1) is 0 Å². The predicted molar refractivity (Wildman–Crippen MR) is 352 cm³/mol. The van der Waals surface area contributed by atoms with Crippen LogP contribution in [0.3, 0.4) is 0 Å². The lowest BCUT2D eigenvalue weighted by molar-refractivity contribution is -0.143. The van der Waals surface area contributed by atoms with Crippen molar-refractivity contribution in [2.75, 3.05) is 13.2 Å². The number of allylic oxidation sites excluding steroid dienone is 5. The summed E-state index contributed by atoms with van der Waals surface area (Å²) in [6.07, 6.45) is 89.4. The molecule has 0 rings (SSSR count). The summed E-state index contributed by atoms with van der Waals surface area (Å²) in [5, 5.41) is 23.3. The maximum atomic E-state index is 12.5. The number of nitrogens with one attached hydrogen (secondary N) is 1. The monoisotopic (exact) mass is 1120 g/mol. The number of aliphatic hydroxyl groups excluding tert-OH is 2. The molecule has 0 bridgehead atoms. The van der Waals surface area contributed by atoms with Crippen molar-refractivity contribution >= 4 is 11.9 Å². The first-order valence-corrected chi connectivity index (χ1v) is 36.3. The number of rotatable bonds is 68. The van der Waals surface area contributed by atoms with Gasteiger partial charge in [0.05, 0.1) is 25.4 Å². The number of ether oxygens (including phenoxy) is 1. The van der Waals surface area contributed by atoms with E-state index in [-0.39, 0.29) is 18.5 Å². The number of carbonyl (C=O) groups excluding carboxylic acids is 2. The Hall–Kier alpha value is -1.92. The van der Waals surface area contributed by atoms with E-state index in [0.717, 1.165) is 51.4 Å². The summed E-state index contributed by atoms with van der Waals surface area (Å²) >= 11 is 0. The number of esters is 1. The third kappa shape index (κ3) is 65.2. The van der Waals surface area contributed by atoms with Crippen LogP contribution in [0.5, 0.6) is 0 Å². The van der Waals surface area contributed by atoms with E-state index in [2.05, 4.69) is 43.5 Å². The van der Waals surface area contributed by atoms with Crippen LogP contribution in [0.4, 0.5) is 0 Å². The molecule has 0 aliphatic heterocycles. The predicted octanol–water partition coefficient (Wildman–Crippen LogP) is 23.5. The molecule has 3 N–H and O–H groups in total. The fourth-order valence-electron chi connectivity index (χ4n) is 11.4. The lowest BCUT2D eigenvalue weighted by atomic mass is 10.0. The van der Waals surface area contributed by atoms with Crippen LogP contribution < -0.4 is 5.32 Å². The number of carbonyl (C=O) groups is 2. The number of amides is 1. The SMILES string of the molecule is CCCCC/C=C\C/C=C\CCCCCCCCCC(=O)OCCCCCCCCCCCCCCCCCCCCCCCC(=O)NC(CO)C(O)/C=C/CCCCCCCCCCCCCCCCCCCCCCCCC. The van der Waals surface area contributed by atoms with Gasteiger partial charge in [0.1, 0.15) is 0 Å². The quantitative estimate of drug-likeness (QED) is 0.0320. The summed E-state index contributed by atoms with van der Waals surface area (Å²) < 4.78 is 5.50. The Morgan fingerprint density at radius 2 is 0.625 bits per heavy atom. The lowest BCUT2D eigenvalue weighted by Crippen LogP contribution is -2.45. The molecular formula is C74H141NO5. The second-order valence-electron chi connectivity index (χ2n) is 24.9. The Labute approximate surface area is 500 Å². The molecule has 0 radical (unpaired) electrons. The Morgan fingerprint density at radius 1 is 0.350 bits per heavy atom. The fraction of sp³-hybridized carbons (Fsp3) is 0.892. The van der Waals surface area contributed by atoms with Crippen molar-refractivity contribution in [3.05, 3.63) is 36.5 Å². The second-order valence-corrected chi connectivity index (χ2v) is 24.9. The first-order valence-electron chi connectivity index (χ1n) is 36.3. The maximum absolute atomic E-state index is 12.5. The smallest absolute Gasteiger partial charge is 0.305 e. The maximum Gasteiger partial charge on any atom is 0.305 e. The Kier molecular flexibility index (Phi) is 67.9. The summed E-state index contributed by atoms with van der Waals surface area (Å²) in [5.74, 6) is -0.0604. The molecule has 0 saturated carbocycles. The topological polar surface area (TPSA) is 95.9 Å². The average molecular weight is 1120 g/mol. The molecule has 2 atom stereocenters. The van der Waals surface area contributed by atoms with E-state index in [0.29, 0.717) is 19.4 Å². The van der Waals surface area contributed by atoms with Gasteiger partial charge in [-0.1, -0.05) is 359 Å². The van der Waals surface area contributed by atoms with Crippen LogP contribution >= 0.6 is 0 Å². The van der Waals surface area contributed by atoms with Gasteiger partial charge in [-0.25, -0.2) is 0 Å². The van der Waals surface area contributed by atoms with E-state index in [4.69, 9.17) is 4.74 Å². The first-order chi connectivity index (χ1) is 39.5. The van der Waals surface area contributed by atoms with E-state index < -0.39 is 12.1 Å². The molecule has 0 heterocycles. The van der Waals surface area contributed by atoms with Crippen molar-refractivity contribution in [2.24, 2.45) is 0 Å². The molecule has 0 aliphatic carbocycles. The summed E-state index contributed by atoms with van der Waals surface area (Å²) in [7, 11) is 0. The van der Waals surface area contributed by atoms with Crippen LogP contribution in [0.2, 0.25) is 0 Å². The molecule has 0 spiro atoms. The van der Waals surface area contributed by atoms with Crippen LogP contribution in [-0.2, 0) is 14.3 Å². The van der Waals surface area contributed by atoms with E-state index in [1.165, 1.54) is 321 Å². The molecule has 472 valence electrons. The highest BCUT2D eigenvalue weighted by Crippen LogP contribution is 2.19. The number of unbranched alkanes of at least 4 members (excludes halogenated alkanes) is 53. The minimum absolute atomic E-state index is 0.00442. The van der Waals surface area contributed by atoms with E-state index in [1.54, 1.807) is 6.08 Å². The molecule has 1 amide bonds. The lowest BCUT2D eigenvalue weighted by Gasteiger charge is -2.20. The summed E-state index contributed by atoms with van der Waals surface area (Å²) in [6.45, 7) is 4.91. The third-order valence-electron chi connectivity index (χ3n) is 16.9. The molecule has 6 heteroatoms. The van der Waals surface area contributed by atoms with E-state index in [1.807, 2.05) is 6.08 Å². The molecule has 0 fully saturated rings. The molecule has 0 aromatic rings. The minimum atomic E-state index is -0.847. The van der Waals surface area contributed by atoms with Gasteiger partial charge < -0.3 is 20.3 Å². The fourth-order valence-corrected chi connectivity index (χ4v) is 11.4. The van der Waals surface area contributed by atoms with Crippen molar-refractivity contribution in [3.8, 4) is 0 Å². The van der Waals surface area contributed by atoms with Crippen LogP contribution in [0.15, 0.2) is 36.5 Å². The van der Waals surface area contributed by atoms with Gasteiger partial charge in [-0.2, -0.15) is 0 Å². The Bertz CT molecular complexity index is 1300. The number of hydrogen-bond acceptors (Lipinski definition) is 5. The molecule has 6 nitrogen and oxygen atoms in total. The molecule has 2 unspecified atom stereocenters. The largest absolute Gasteiger partial charge is 0.466 e. The standard InChI is InChI=1S/C74H141NO5/c1-3-5-7-9-11-13-15-17-19-21-22-23-24-25-26-28-31-35-38-42-46-50-54-58-62-66-72(77)71(70-76)75-73(78)67-63-59-55-51-47-43-39-36-32-29-27-30-33-37-41-45-49-53-57-61-65-69-80-74(79)68-64-60-56-52-48-44-40-34-20-18-16-14-12-10-8-6-4-2/h12,14,18,20,62,66,71-72,76-77H,3-11,13,15-17,19,21-61,63-65,67-70H2,1-2H3,(H,75,78)/b14-12-,20-18-,66-62+. The highest BCUT2D eigenvalue weighted by Gasteiger charge is 2.18. The van der Waals surface area contributed by atoms with Gasteiger partial charge in [-0.15, -0.1) is 0 Å². The van der Waals surface area contributed by atoms with Gasteiger partial charge in [-0.05, 0) is 64.2 Å². The normalized spacial score (nSPS) is 12.7. The van der Waals surface area contributed by atoms with Crippen molar-refractivity contribution in [1.29, 1.82) is 0 Å². The van der Waals surface area contributed by atoms with Gasteiger partial charge in [0, 0.05) is 12.8 Å². The number of hydrogen-bond donors (Lipinski definition) is 3. The highest BCUT2D eigenvalue weighted by atomic mass is 16.5. The Morgan fingerprint density at radius 3 is 0.975 bits per heavy atom. The molecular weight excluding hydrogens is 983 g/mol. The van der Waals surface area contributed by atoms with Crippen LogP contribution in [-0.4, -0.2) is 47.4 Å². The van der Waals surface area contributed by atoms with Crippen molar-refractivity contribution in [1.82, 2.24) is 5.32 Å². The zero-order valence-corrected chi connectivity index (χ0v) is 54.1.